The summed E-state index contributed by atoms with van der Waals surface area (Å²) < 4.78 is 0. The Labute approximate surface area is 114 Å². The third-order valence-electron chi connectivity index (χ3n) is 1.98. The molecule has 94 valence electrons. The molecule has 0 amide bonds. The van der Waals surface area contributed by atoms with E-state index < -0.39 is 4.92 Å². The fourth-order valence-corrected chi connectivity index (χ4v) is 1.36. The first-order valence-corrected chi connectivity index (χ1v) is 5.02. The lowest BCUT2D eigenvalue weighted by Crippen LogP contribution is -1.94. The molecule has 1 aromatic heterocycles. The topological polar surface area (TPSA) is 81.0 Å². The molecule has 0 unspecified atom stereocenters. The van der Waals surface area contributed by atoms with E-state index in [1.54, 1.807) is 18.2 Å². The van der Waals surface area contributed by atoms with E-state index in [0.29, 0.717) is 16.7 Å². The number of aromatic nitrogens is 2. The molecule has 0 aliphatic heterocycles. The van der Waals surface area contributed by atoms with E-state index in [0.717, 1.165) is 0 Å². The number of non-ortho nitro benzene ring substituents is 1. The van der Waals surface area contributed by atoms with Gasteiger partial charge in [0.05, 0.1) is 4.92 Å². The number of rotatable bonds is 3. The monoisotopic (exact) mass is 286 g/mol. The normalized spacial score (nSPS) is 9.39. The van der Waals surface area contributed by atoms with Crippen molar-refractivity contribution in [2.75, 3.05) is 5.32 Å². The van der Waals surface area contributed by atoms with Gasteiger partial charge in [-0.25, -0.2) is 9.97 Å². The van der Waals surface area contributed by atoms with Crippen molar-refractivity contribution in [2.45, 2.75) is 0 Å². The van der Waals surface area contributed by atoms with Crippen molar-refractivity contribution in [3.05, 3.63) is 51.9 Å². The molecule has 0 saturated carbocycles. The van der Waals surface area contributed by atoms with E-state index in [1.165, 1.54) is 18.5 Å². The second kappa shape index (κ2) is 6.13. The molecule has 0 atom stereocenters. The van der Waals surface area contributed by atoms with Gasteiger partial charge in [0.1, 0.15) is 17.3 Å². The highest BCUT2D eigenvalue weighted by Crippen LogP contribution is 2.19. The van der Waals surface area contributed by atoms with Crippen molar-refractivity contribution in [1.82, 2.24) is 9.97 Å². The highest BCUT2D eigenvalue weighted by atomic mass is 35.5. The summed E-state index contributed by atoms with van der Waals surface area (Å²) in [4.78, 5) is 17.7. The minimum atomic E-state index is -0.453. The summed E-state index contributed by atoms with van der Waals surface area (Å²) in [6.45, 7) is 0. The molecule has 0 spiro atoms. The molecule has 0 fully saturated rings. The number of nitro benzene ring substituents is 1. The highest BCUT2D eigenvalue weighted by molar-refractivity contribution is 6.29. The fourth-order valence-electron chi connectivity index (χ4n) is 1.22. The third kappa shape index (κ3) is 3.54. The minimum absolute atomic E-state index is 0. The minimum Gasteiger partial charge on any atom is -0.340 e. The fraction of sp³-hybridized carbons (Fsp3) is 0. The first-order valence-electron chi connectivity index (χ1n) is 4.64. The largest absolute Gasteiger partial charge is 0.340 e. The molecule has 0 aliphatic carbocycles. The zero-order valence-electron chi connectivity index (χ0n) is 8.91. The van der Waals surface area contributed by atoms with Crippen molar-refractivity contribution in [2.24, 2.45) is 0 Å². The lowest BCUT2D eigenvalue weighted by molar-refractivity contribution is -0.384. The van der Waals surface area contributed by atoms with Crippen LogP contribution in [-0.2, 0) is 0 Å². The van der Waals surface area contributed by atoms with E-state index in [4.69, 9.17) is 11.6 Å². The maximum atomic E-state index is 10.5. The molecule has 0 radical (unpaired) electrons. The molecule has 8 heteroatoms. The van der Waals surface area contributed by atoms with Crippen LogP contribution in [0, 0.1) is 10.1 Å². The SMILES string of the molecule is Cl.O=[N+]([O-])c1ccc(Nc2cc(Cl)ncn2)cc1. The maximum Gasteiger partial charge on any atom is 0.269 e. The summed E-state index contributed by atoms with van der Waals surface area (Å²) in [7, 11) is 0. The van der Waals surface area contributed by atoms with Crippen LogP contribution in [0.4, 0.5) is 17.2 Å². The molecule has 1 N–H and O–H groups in total. The Morgan fingerprint density at radius 2 is 1.89 bits per heavy atom. The van der Waals surface area contributed by atoms with Crippen LogP contribution >= 0.6 is 24.0 Å². The van der Waals surface area contributed by atoms with E-state index in [9.17, 15) is 10.1 Å². The van der Waals surface area contributed by atoms with Crippen LogP contribution in [0.2, 0.25) is 5.15 Å². The Hall–Kier alpha value is -1.92. The van der Waals surface area contributed by atoms with Gasteiger partial charge in [0.2, 0.25) is 0 Å². The third-order valence-corrected chi connectivity index (χ3v) is 2.19. The predicted octanol–water partition coefficient (Wildman–Crippen LogP) is 3.20. The van der Waals surface area contributed by atoms with Gasteiger partial charge in [0.25, 0.3) is 5.69 Å². The van der Waals surface area contributed by atoms with Crippen molar-refractivity contribution in [3.8, 4) is 0 Å². The second-order valence-corrected chi connectivity index (χ2v) is 3.54. The Morgan fingerprint density at radius 1 is 1.22 bits per heavy atom. The van der Waals surface area contributed by atoms with Crippen LogP contribution < -0.4 is 5.32 Å². The number of nitrogens with zero attached hydrogens (tertiary/aromatic N) is 3. The second-order valence-electron chi connectivity index (χ2n) is 3.15. The Bertz CT molecular complexity index is 548. The van der Waals surface area contributed by atoms with Crippen LogP contribution in [-0.4, -0.2) is 14.9 Å². The zero-order chi connectivity index (χ0) is 12.3. The molecule has 18 heavy (non-hydrogen) atoms. The summed E-state index contributed by atoms with van der Waals surface area (Å²) in [5.41, 5.74) is 0.724. The van der Waals surface area contributed by atoms with E-state index >= 15 is 0 Å². The van der Waals surface area contributed by atoms with Crippen LogP contribution in [0.15, 0.2) is 36.7 Å². The predicted molar refractivity (Wildman–Crippen MR) is 70.7 cm³/mol. The molecule has 2 rings (SSSR count). The van der Waals surface area contributed by atoms with E-state index in [-0.39, 0.29) is 18.1 Å². The van der Waals surface area contributed by atoms with Gasteiger partial charge in [0.15, 0.2) is 0 Å². The molecule has 0 saturated heterocycles. The van der Waals surface area contributed by atoms with E-state index in [1.807, 2.05) is 0 Å². The molecular weight excluding hydrogens is 279 g/mol. The highest BCUT2D eigenvalue weighted by Gasteiger charge is 2.04. The first-order chi connectivity index (χ1) is 8.15. The number of nitro groups is 1. The summed E-state index contributed by atoms with van der Waals surface area (Å²) in [5.74, 6) is 0.527. The molecule has 2 aromatic rings. The van der Waals surface area contributed by atoms with Gasteiger partial charge in [-0.1, -0.05) is 11.6 Å². The quantitative estimate of drug-likeness (QED) is 0.532. The standard InChI is InChI=1S/C10H7ClN4O2.ClH/c11-9-5-10(13-6-12-9)14-7-1-3-8(4-2-7)15(16)17;/h1-6H,(H,12,13,14);1H. The average Bonchev–Trinajstić information content (AvgIpc) is 2.29. The summed E-state index contributed by atoms with van der Waals surface area (Å²) in [5, 5.41) is 13.7. The molecule has 1 aromatic carbocycles. The van der Waals surface area contributed by atoms with Crippen molar-refractivity contribution in [3.63, 3.8) is 0 Å². The Kier molecular flexibility index (Phi) is 4.82. The lowest BCUT2D eigenvalue weighted by Gasteiger charge is -2.04. The van der Waals surface area contributed by atoms with Gasteiger partial charge in [-0.2, -0.15) is 0 Å². The van der Waals surface area contributed by atoms with Crippen LogP contribution in [0.1, 0.15) is 0 Å². The maximum absolute atomic E-state index is 10.5. The number of benzene rings is 1. The number of nitrogens with one attached hydrogen (secondary N) is 1. The van der Waals surface area contributed by atoms with Gasteiger partial charge >= 0.3 is 0 Å². The molecular formula is C10H8Cl2N4O2. The zero-order valence-corrected chi connectivity index (χ0v) is 10.5. The smallest absolute Gasteiger partial charge is 0.269 e. The van der Waals surface area contributed by atoms with Gasteiger partial charge < -0.3 is 5.32 Å². The first kappa shape index (κ1) is 14.1. The van der Waals surface area contributed by atoms with Crippen molar-refractivity contribution in [1.29, 1.82) is 0 Å². The van der Waals surface area contributed by atoms with Gasteiger partial charge in [-0.05, 0) is 12.1 Å². The Balaban J connectivity index is 0.00000162. The average molecular weight is 287 g/mol. The van der Waals surface area contributed by atoms with E-state index in [2.05, 4.69) is 15.3 Å². The number of halogens is 2. The van der Waals surface area contributed by atoms with Gasteiger partial charge in [-0.15, -0.1) is 12.4 Å². The number of hydrogen-bond donors (Lipinski definition) is 1. The molecule has 0 bridgehead atoms. The van der Waals surface area contributed by atoms with Crippen LogP contribution in [0.25, 0.3) is 0 Å². The van der Waals surface area contributed by atoms with Crippen molar-refractivity contribution < 1.29 is 4.92 Å². The van der Waals surface area contributed by atoms with Crippen LogP contribution in [0.3, 0.4) is 0 Å². The van der Waals surface area contributed by atoms with Gasteiger partial charge in [-0.3, -0.25) is 10.1 Å². The molecule has 0 aliphatic rings. The summed E-state index contributed by atoms with van der Waals surface area (Å²) in [6, 6.07) is 7.56. The lowest BCUT2D eigenvalue weighted by atomic mass is 10.3. The van der Waals surface area contributed by atoms with Crippen molar-refractivity contribution >= 4 is 41.2 Å². The summed E-state index contributed by atoms with van der Waals surface area (Å²) >= 11 is 5.70. The van der Waals surface area contributed by atoms with Gasteiger partial charge in [0, 0.05) is 23.9 Å². The number of hydrogen-bond acceptors (Lipinski definition) is 5. The number of anilines is 2. The molecule has 1 heterocycles. The summed E-state index contributed by atoms with van der Waals surface area (Å²) in [6.07, 6.45) is 1.33. The van der Waals surface area contributed by atoms with Crippen LogP contribution in [0.5, 0.6) is 0 Å². The Morgan fingerprint density at radius 3 is 2.44 bits per heavy atom. The molecule has 6 nitrogen and oxygen atoms in total.